The third kappa shape index (κ3) is 3.04. The van der Waals surface area contributed by atoms with Crippen molar-refractivity contribution in [1.29, 1.82) is 0 Å². The van der Waals surface area contributed by atoms with E-state index in [9.17, 15) is 9.90 Å². The number of ether oxygens (including phenoxy) is 2. The molecule has 0 radical (unpaired) electrons. The average molecular weight is 387 g/mol. The third-order valence-corrected chi connectivity index (χ3v) is 5.50. The van der Waals surface area contributed by atoms with Gasteiger partial charge in [0.25, 0.3) is 5.91 Å². The van der Waals surface area contributed by atoms with Gasteiger partial charge in [0.15, 0.2) is 0 Å². The molecule has 3 aromatic rings. The topological polar surface area (TPSA) is 59.0 Å². The Morgan fingerprint density at radius 3 is 2.41 bits per heavy atom. The standard InChI is InChI=1S/C24H21NO4/c26-22-19-10-11-20(16-6-2-1-3-7-16)29-23(19)18-9-5-4-8-17(18)21(22)24(27)25-12-14-28-15-13-25/h1-11,20,26H,12-15H2. The maximum absolute atomic E-state index is 13.3. The van der Waals surface area contributed by atoms with Gasteiger partial charge in [-0.1, -0.05) is 54.6 Å². The van der Waals surface area contributed by atoms with Crippen LogP contribution >= 0.6 is 0 Å². The van der Waals surface area contributed by atoms with Crippen LogP contribution in [0.1, 0.15) is 27.6 Å². The number of nitrogens with zero attached hydrogens (tertiary/aromatic N) is 1. The minimum atomic E-state index is -0.243. The van der Waals surface area contributed by atoms with Gasteiger partial charge in [-0.05, 0) is 17.7 Å². The first-order valence-corrected chi connectivity index (χ1v) is 9.78. The van der Waals surface area contributed by atoms with E-state index in [1.54, 1.807) is 4.90 Å². The molecule has 5 nitrogen and oxygen atoms in total. The maximum Gasteiger partial charge on any atom is 0.258 e. The minimum Gasteiger partial charge on any atom is -0.506 e. The highest BCUT2D eigenvalue weighted by Crippen LogP contribution is 2.45. The van der Waals surface area contributed by atoms with Crippen molar-refractivity contribution in [2.45, 2.75) is 6.10 Å². The zero-order valence-corrected chi connectivity index (χ0v) is 15.9. The van der Waals surface area contributed by atoms with Crippen molar-refractivity contribution >= 4 is 22.8 Å². The van der Waals surface area contributed by atoms with Gasteiger partial charge < -0.3 is 19.5 Å². The molecule has 5 heteroatoms. The Hall–Kier alpha value is -3.31. The van der Waals surface area contributed by atoms with Crippen molar-refractivity contribution in [3.63, 3.8) is 0 Å². The zero-order chi connectivity index (χ0) is 19.8. The highest BCUT2D eigenvalue weighted by molar-refractivity contribution is 6.13. The molecule has 1 amide bonds. The normalized spacial score (nSPS) is 18.3. The van der Waals surface area contributed by atoms with E-state index in [2.05, 4.69) is 0 Å². The Labute approximate surface area is 168 Å². The van der Waals surface area contributed by atoms with Gasteiger partial charge in [0.1, 0.15) is 17.6 Å². The van der Waals surface area contributed by atoms with Crippen LogP contribution in [-0.2, 0) is 4.74 Å². The van der Waals surface area contributed by atoms with E-state index >= 15 is 0 Å². The molecule has 29 heavy (non-hydrogen) atoms. The van der Waals surface area contributed by atoms with Crippen LogP contribution < -0.4 is 4.74 Å². The first-order chi connectivity index (χ1) is 14.2. The molecule has 2 aliphatic heterocycles. The highest BCUT2D eigenvalue weighted by Gasteiger charge is 2.29. The number of hydrogen-bond acceptors (Lipinski definition) is 4. The lowest BCUT2D eigenvalue weighted by atomic mass is 9.94. The fraction of sp³-hybridized carbons (Fsp3) is 0.208. The number of fused-ring (bicyclic) bond motifs is 3. The second-order valence-corrected chi connectivity index (χ2v) is 7.22. The summed E-state index contributed by atoms with van der Waals surface area (Å²) in [7, 11) is 0. The van der Waals surface area contributed by atoms with Crippen molar-refractivity contribution in [3.05, 3.63) is 77.4 Å². The quantitative estimate of drug-likeness (QED) is 0.717. The van der Waals surface area contributed by atoms with Crippen LogP contribution in [0.15, 0.2) is 60.7 Å². The maximum atomic E-state index is 13.3. The van der Waals surface area contributed by atoms with Crippen molar-refractivity contribution in [3.8, 4) is 11.5 Å². The number of carbonyl (C=O) groups is 1. The van der Waals surface area contributed by atoms with Gasteiger partial charge in [-0.3, -0.25) is 4.79 Å². The summed E-state index contributed by atoms with van der Waals surface area (Å²) in [5, 5.41) is 12.6. The lowest BCUT2D eigenvalue weighted by Crippen LogP contribution is -2.40. The van der Waals surface area contributed by atoms with Gasteiger partial charge in [0.05, 0.1) is 24.3 Å². The summed E-state index contributed by atoms with van der Waals surface area (Å²) in [6.45, 7) is 2.06. The highest BCUT2D eigenvalue weighted by atomic mass is 16.5. The number of hydrogen-bond donors (Lipinski definition) is 1. The Bertz CT molecular complexity index is 1100. The van der Waals surface area contributed by atoms with Crippen LogP contribution in [0.3, 0.4) is 0 Å². The lowest BCUT2D eigenvalue weighted by molar-refractivity contribution is 0.0302. The van der Waals surface area contributed by atoms with Crippen LogP contribution in [0, 0.1) is 0 Å². The first kappa shape index (κ1) is 17.8. The van der Waals surface area contributed by atoms with Gasteiger partial charge in [0, 0.05) is 23.9 Å². The summed E-state index contributed by atoms with van der Waals surface area (Å²) in [6.07, 6.45) is 3.52. The summed E-state index contributed by atoms with van der Waals surface area (Å²) in [5.41, 5.74) is 1.91. The van der Waals surface area contributed by atoms with Crippen LogP contribution in [-0.4, -0.2) is 42.2 Å². The zero-order valence-electron chi connectivity index (χ0n) is 15.9. The summed E-state index contributed by atoms with van der Waals surface area (Å²) < 4.78 is 11.7. The molecule has 146 valence electrons. The molecule has 1 unspecified atom stereocenters. The Morgan fingerprint density at radius 2 is 1.66 bits per heavy atom. The largest absolute Gasteiger partial charge is 0.506 e. The average Bonchev–Trinajstić information content (AvgIpc) is 2.80. The summed E-state index contributed by atoms with van der Waals surface area (Å²) in [5.74, 6) is 0.398. The van der Waals surface area contributed by atoms with E-state index in [4.69, 9.17) is 9.47 Å². The Morgan fingerprint density at radius 1 is 0.966 bits per heavy atom. The number of phenols is 1. The molecule has 2 aliphatic rings. The molecule has 5 rings (SSSR count). The number of rotatable bonds is 2. The van der Waals surface area contributed by atoms with E-state index in [1.807, 2.05) is 66.7 Å². The van der Waals surface area contributed by atoms with Crippen molar-refractivity contribution in [1.82, 2.24) is 4.90 Å². The molecule has 2 heterocycles. The van der Waals surface area contributed by atoms with Crippen LogP contribution in [0.2, 0.25) is 0 Å². The molecule has 0 saturated carbocycles. The van der Waals surface area contributed by atoms with Crippen LogP contribution in [0.25, 0.3) is 16.8 Å². The van der Waals surface area contributed by atoms with E-state index < -0.39 is 0 Å². The predicted molar refractivity (Wildman–Crippen MR) is 111 cm³/mol. The predicted octanol–water partition coefficient (Wildman–Crippen LogP) is 4.16. The summed E-state index contributed by atoms with van der Waals surface area (Å²) in [6, 6.07) is 17.5. The number of benzene rings is 3. The lowest BCUT2D eigenvalue weighted by Gasteiger charge is -2.29. The molecule has 1 fully saturated rings. The van der Waals surface area contributed by atoms with E-state index in [1.165, 1.54) is 0 Å². The van der Waals surface area contributed by atoms with Gasteiger partial charge in [0.2, 0.25) is 0 Å². The smallest absolute Gasteiger partial charge is 0.258 e. The molecule has 0 bridgehead atoms. The van der Waals surface area contributed by atoms with E-state index in [0.717, 1.165) is 10.9 Å². The van der Waals surface area contributed by atoms with Crippen molar-refractivity contribution in [2.24, 2.45) is 0 Å². The Kier molecular flexibility index (Phi) is 4.45. The van der Waals surface area contributed by atoms with Crippen molar-refractivity contribution in [2.75, 3.05) is 26.3 Å². The molecule has 0 aromatic heterocycles. The number of carbonyl (C=O) groups excluding carboxylic acids is 1. The molecule has 3 aromatic carbocycles. The molecule has 1 saturated heterocycles. The summed E-state index contributed by atoms with van der Waals surface area (Å²) >= 11 is 0. The van der Waals surface area contributed by atoms with E-state index in [0.29, 0.717) is 48.6 Å². The molecule has 1 N–H and O–H groups in total. The fourth-order valence-electron chi connectivity index (χ4n) is 4.01. The van der Waals surface area contributed by atoms with Gasteiger partial charge in [-0.25, -0.2) is 0 Å². The number of amides is 1. The number of phenolic OH excluding ortho intramolecular Hbond substituents is 1. The third-order valence-electron chi connectivity index (χ3n) is 5.50. The second-order valence-electron chi connectivity index (χ2n) is 7.22. The fourth-order valence-corrected chi connectivity index (χ4v) is 4.01. The molecular weight excluding hydrogens is 366 g/mol. The monoisotopic (exact) mass is 387 g/mol. The molecule has 0 spiro atoms. The minimum absolute atomic E-state index is 0.0297. The molecule has 0 aliphatic carbocycles. The van der Waals surface area contributed by atoms with Crippen LogP contribution in [0.4, 0.5) is 0 Å². The number of aromatic hydroxyl groups is 1. The van der Waals surface area contributed by atoms with Gasteiger partial charge in [-0.2, -0.15) is 0 Å². The van der Waals surface area contributed by atoms with Crippen LogP contribution in [0.5, 0.6) is 11.5 Å². The second kappa shape index (κ2) is 7.26. The number of morpholine rings is 1. The first-order valence-electron chi connectivity index (χ1n) is 9.78. The SMILES string of the molecule is O=C(c1c(O)c2c(c3ccccc13)OC(c1ccccc1)C=C2)N1CCOCC1. The molecule has 1 atom stereocenters. The Balaban J connectivity index is 1.64. The summed E-state index contributed by atoms with van der Waals surface area (Å²) in [4.78, 5) is 15.0. The molecular formula is C24H21NO4. The van der Waals surface area contributed by atoms with E-state index in [-0.39, 0.29) is 17.8 Å². The van der Waals surface area contributed by atoms with Crippen molar-refractivity contribution < 1.29 is 19.4 Å². The van der Waals surface area contributed by atoms with Gasteiger partial charge >= 0.3 is 0 Å². The van der Waals surface area contributed by atoms with Gasteiger partial charge in [-0.15, -0.1) is 0 Å².